The van der Waals surface area contributed by atoms with Gasteiger partial charge in [-0.15, -0.1) is 0 Å². The molecule has 0 spiro atoms. The Morgan fingerprint density at radius 2 is 1.95 bits per heavy atom. The number of ether oxygens (including phenoxy) is 1. The Morgan fingerprint density at radius 3 is 2.50 bits per heavy atom. The molecule has 5 nitrogen and oxygen atoms in total. The average molecular weight is 326 g/mol. The van der Waals surface area contributed by atoms with Gasteiger partial charge in [0.25, 0.3) is 10.1 Å². The molecule has 122 valence electrons. The molecule has 22 heavy (non-hydrogen) atoms. The maximum atomic E-state index is 12.0. The van der Waals surface area contributed by atoms with Crippen molar-refractivity contribution in [2.45, 2.75) is 56.4 Å². The van der Waals surface area contributed by atoms with Crippen molar-refractivity contribution in [2.75, 3.05) is 6.61 Å². The van der Waals surface area contributed by atoms with E-state index in [4.69, 9.17) is 8.92 Å². The summed E-state index contributed by atoms with van der Waals surface area (Å²) >= 11 is 0. The molecule has 1 atom stereocenters. The Morgan fingerprint density at radius 1 is 1.27 bits per heavy atom. The second kappa shape index (κ2) is 6.79. The lowest BCUT2D eigenvalue weighted by atomic mass is 9.92. The SMILES string of the molecule is CC[C@@]1(CCCOS(=O)(=O)c2ccc(C)cc2)CCC(=O)O1. The van der Waals surface area contributed by atoms with Crippen LogP contribution >= 0.6 is 0 Å². The summed E-state index contributed by atoms with van der Waals surface area (Å²) in [7, 11) is -3.72. The summed E-state index contributed by atoms with van der Waals surface area (Å²) < 4.78 is 34.5. The van der Waals surface area contributed by atoms with Gasteiger partial charge in [0.2, 0.25) is 0 Å². The highest BCUT2D eigenvalue weighted by Gasteiger charge is 2.38. The first-order valence-electron chi connectivity index (χ1n) is 7.55. The van der Waals surface area contributed by atoms with Crippen molar-refractivity contribution in [1.29, 1.82) is 0 Å². The standard InChI is InChI=1S/C16H22O5S/c1-3-16(11-9-15(17)21-16)10-4-12-20-22(18,19)14-7-5-13(2)6-8-14/h5-8H,3-4,9-12H2,1-2H3/t16-/m1/s1. The molecule has 0 saturated carbocycles. The van der Waals surface area contributed by atoms with Gasteiger partial charge in [0.05, 0.1) is 11.5 Å². The first kappa shape index (κ1) is 17.0. The van der Waals surface area contributed by atoms with E-state index in [0.717, 1.165) is 12.0 Å². The maximum absolute atomic E-state index is 12.0. The molecule has 0 radical (unpaired) electrons. The molecule has 1 fully saturated rings. The minimum atomic E-state index is -3.72. The zero-order valence-electron chi connectivity index (χ0n) is 13.0. The van der Waals surface area contributed by atoms with Crippen molar-refractivity contribution in [3.05, 3.63) is 29.8 Å². The predicted octanol–water partition coefficient (Wildman–Crippen LogP) is 2.97. The van der Waals surface area contributed by atoms with Gasteiger partial charge in [-0.3, -0.25) is 8.98 Å². The van der Waals surface area contributed by atoms with Crippen LogP contribution in [-0.4, -0.2) is 26.6 Å². The fourth-order valence-electron chi connectivity index (χ4n) is 2.61. The highest BCUT2D eigenvalue weighted by Crippen LogP contribution is 2.34. The normalized spacial score (nSPS) is 21.8. The highest BCUT2D eigenvalue weighted by atomic mass is 32.2. The monoisotopic (exact) mass is 326 g/mol. The van der Waals surface area contributed by atoms with E-state index in [9.17, 15) is 13.2 Å². The number of esters is 1. The van der Waals surface area contributed by atoms with Crippen LogP contribution in [0.1, 0.15) is 44.6 Å². The van der Waals surface area contributed by atoms with Crippen LogP contribution in [0, 0.1) is 6.92 Å². The van der Waals surface area contributed by atoms with E-state index in [2.05, 4.69) is 0 Å². The largest absolute Gasteiger partial charge is 0.459 e. The Kier molecular flexibility index (Phi) is 5.24. The second-order valence-corrected chi connectivity index (χ2v) is 7.32. The molecule has 1 aromatic rings. The van der Waals surface area contributed by atoms with Crippen LogP contribution in [0.4, 0.5) is 0 Å². The van der Waals surface area contributed by atoms with E-state index in [1.165, 1.54) is 12.1 Å². The van der Waals surface area contributed by atoms with Gasteiger partial charge in [0.1, 0.15) is 5.60 Å². The van der Waals surface area contributed by atoms with E-state index in [0.29, 0.717) is 25.7 Å². The molecule has 1 aliphatic rings. The smallest absolute Gasteiger partial charge is 0.306 e. The molecule has 6 heteroatoms. The van der Waals surface area contributed by atoms with Gasteiger partial charge in [-0.05, 0) is 44.7 Å². The van der Waals surface area contributed by atoms with Crippen LogP contribution < -0.4 is 0 Å². The van der Waals surface area contributed by atoms with Gasteiger partial charge in [0, 0.05) is 6.42 Å². The topological polar surface area (TPSA) is 69.7 Å². The van der Waals surface area contributed by atoms with Crippen LogP contribution in [-0.2, 0) is 23.8 Å². The summed E-state index contributed by atoms with van der Waals surface area (Å²) in [4.78, 5) is 11.4. The molecular weight excluding hydrogens is 304 g/mol. The lowest BCUT2D eigenvalue weighted by molar-refractivity contribution is -0.149. The average Bonchev–Trinajstić information content (AvgIpc) is 2.86. The molecule has 0 aromatic heterocycles. The Bertz CT molecular complexity index is 620. The van der Waals surface area contributed by atoms with Gasteiger partial charge in [-0.1, -0.05) is 24.6 Å². The summed E-state index contributed by atoms with van der Waals surface area (Å²) in [5.74, 6) is -0.171. The number of cyclic esters (lactones) is 1. The molecule has 2 rings (SSSR count). The highest BCUT2D eigenvalue weighted by molar-refractivity contribution is 7.86. The maximum Gasteiger partial charge on any atom is 0.306 e. The van der Waals surface area contributed by atoms with Gasteiger partial charge in [0.15, 0.2) is 0 Å². The number of aryl methyl sites for hydroxylation is 1. The molecule has 1 saturated heterocycles. The van der Waals surface area contributed by atoms with Crippen molar-refractivity contribution in [2.24, 2.45) is 0 Å². The number of hydrogen-bond acceptors (Lipinski definition) is 5. The molecule has 0 unspecified atom stereocenters. The molecule has 0 amide bonds. The first-order valence-corrected chi connectivity index (χ1v) is 8.96. The lowest BCUT2D eigenvalue weighted by Crippen LogP contribution is -2.28. The van der Waals surface area contributed by atoms with E-state index >= 15 is 0 Å². The van der Waals surface area contributed by atoms with E-state index in [1.807, 2.05) is 13.8 Å². The van der Waals surface area contributed by atoms with Crippen molar-refractivity contribution in [1.82, 2.24) is 0 Å². The fourth-order valence-corrected chi connectivity index (χ4v) is 3.55. The number of carbonyl (C=O) groups excluding carboxylic acids is 1. The molecule has 0 N–H and O–H groups in total. The second-order valence-electron chi connectivity index (χ2n) is 5.70. The Hall–Kier alpha value is -1.40. The lowest BCUT2D eigenvalue weighted by Gasteiger charge is -2.25. The third-order valence-electron chi connectivity index (χ3n) is 4.08. The number of carbonyl (C=O) groups is 1. The minimum absolute atomic E-state index is 0.0928. The van der Waals surface area contributed by atoms with Crippen molar-refractivity contribution in [3.8, 4) is 0 Å². The van der Waals surface area contributed by atoms with Crippen molar-refractivity contribution < 1.29 is 22.1 Å². The molecule has 0 bridgehead atoms. The van der Waals surface area contributed by atoms with Gasteiger partial charge in [-0.25, -0.2) is 0 Å². The third-order valence-corrected chi connectivity index (χ3v) is 5.41. The van der Waals surface area contributed by atoms with E-state index in [1.54, 1.807) is 12.1 Å². The van der Waals surface area contributed by atoms with Crippen LogP contribution in [0.2, 0.25) is 0 Å². The molecule has 0 aliphatic carbocycles. The summed E-state index contributed by atoms with van der Waals surface area (Å²) in [6.07, 6.45) is 3.04. The summed E-state index contributed by atoms with van der Waals surface area (Å²) in [5, 5.41) is 0. The quantitative estimate of drug-likeness (QED) is 0.438. The molecule has 1 aliphatic heterocycles. The fraction of sp³-hybridized carbons (Fsp3) is 0.562. The van der Waals surface area contributed by atoms with Crippen LogP contribution in [0.25, 0.3) is 0 Å². The minimum Gasteiger partial charge on any atom is -0.459 e. The van der Waals surface area contributed by atoms with E-state index in [-0.39, 0.29) is 17.5 Å². The predicted molar refractivity (Wildman–Crippen MR) is 81.9 cm³/mol. The van der Waals surface area contributed by atoms with Crippen LogP contribution in [0.15, 0.2) is 29.2 Å². The molecule has 1 heterocycles. The van der Waals surface area contributed by atoms with E-state index < -0.39 is 15.7 Å². The van der Waals surface area contributed by atoms with Gasteiger partial charge < -0.3 is 4.74 Å². The number of rotatable bonds is 7. The first-order chi connectivity index (χ1) is 10.4. The zero-order valence-corrected chi connectivity index (χ0v) is 13.8. The van der Waals surface area contributed by atoms with Crippen LogP contribution in [0.5, 0.6) is 0 Å². The van der Waals surface area contributed by atoms with Crippen molar-refractivity contribution in [3.63, 3.8) is 0 Å². The summed E-state index contributed by atoms with van der Waals surface area (Å²) in [6.45, 7) is 3.96. The molecule has 1 aromatic carbocycles. The zero-order chi connectivity index (χ0) is 16.2. The van der Waals surface area contributed by atoms with Crippen LogP contribution in [0.3, 0.4) is 0 Å². The van der Waals surface area contributed by atoms with Gasteiger partial charge in [-0.2, -0.15) is 8.42 Å². The summed E-state index contributed by atoms with van der Waals surface area (Å²) in [5.41, 5.74) is 0.556. The number of hydrogen-bond donors (Lipinski definition) is 0. The number of benzene rings is 1. The molecular formula is C16H22O5S. The Labute approximate surface area is 131 Å². The summed E-state index contributed by atoms with van der Waals surface area (Å²) in [6, 6.07) is 6.55. The van der Waals surface area contributed by atoms with Crippen molar-refractivity contribution >= 4 is 16.1 Å². The third kappa shape index (κ3) is 4.08. The Balaban J connectivity index is 1.85. The van der Waals surface area contributed by atoms with Gasteiger partial charge >= 0.3 is 5.97 Å².